The summed E-state index contributed by atoms with van der Waals surface area (Å²) in [6.45, 7) is 3.80. The minimum atomic E-state index is -3.88. The van der Waals surface area contributed by atoms with Crippen LogP contribution < -0.4 is 10.4 Å². The van der Waals surface area contributed by atoms with E-state index in [4.69, 9.17) is 9.15 Å². The quantitative estimate of drug-likeness (QED) is 0.282. The van der Waals surface area contributed by atoms with E-state index in [1.807, 2.05) is 18.9 Å². The molecule has 11 heteroatoms. The Morgan fingerprint density at radius 1 is 1.09 bits per heavy atom. The first kappa shape index (κ1) is 23.9. The molecular formula is C23H25N3O7S. The van der Waals surface area contributed by atoms with E-state index < -0.39 is 26.3 Å². The number of piperazine rings is 1. The Bertz CT molecular complexity index is 1390. The van der Waals surface area contributed by atoms with Gasteiger partial charge in [-0.1, -0.05) is 13.3 Å². The molecule has 1 fully saturated rings. The lowest BCUT2D eigenvalue weighted by Crippen LogP contribution is -2.47. The zero-order valence-electron chi connectivity index (χ0n) is 18.9. The largest absolute Gasteiger partial charge is 0.450 e. The molecule has 0 spiro atoms. The molecule has 0 saturated carbocycles. The summed E-state index contributed by atoms with van der Waals surface area (Å²) in [5.74, 6) is 0.107. The normalized spacial score (nSPS) is 15.5. The number of likely N-dealkylation sites (N-methyl/N-ethyl adjacent to an activating group) is 1. The van der Waals surface area contributed by atoms with Gasteiger partial charge in [-0.3, -0.25) is 10.1 Å². The average molecular weight is 488 g/mol. The molecule has 0 N–H and O–H groups in total. The van der Waals surface area contributed by atoms with Crippen LogP contribution in [0.25, 0.3) is 11.0 Å². The molecule has 0 unspecified atom stereocenters. The maximum absolute atomic E-state index is 13.0. The van der Waals surface area contributed by atoms with Crippen LogP contribution in [0.5, 0.6) is 11.5 Å². The maximum Gasteiger partial charge on any atom is 0.336 e. The number of nitro groups is 1. The van der Waals surface area contributed by atoms with E-state index in [2.05, 4.69) is 0 Å². The number of ether oxygens (including phenoxy) is 1. The summed E-state index contributed by atoms with van der Waals surface area (Å²) >= 11 is 0. The molecule has 0 amide bonds. The van der Waals surface area contributed by atoms with Gasteiger partial charge in [-0.15, -0.1) is 0 Å². The second-order valence-electron chi connectivity index (χ2n) is 8.19. The number of hydrogen-bond acceptors (Lipinski definition) is 8. The third-order valence-corrected chi connectivity index (χ3v) is 7.67. The Kier molecular flexibility index (Phi) is 6.69. The first-order chi connectivity index (χ1) is 16.2. The summed E-state index contributed by atoms with van der Waals surface area (Å²) in [6.07, 6.45) is 1.56. The number of aryl methyl sites for hydroxylation is 1. The van der Waals surface area contributed by atoms with E-state index in [-0.39, 0.29) is 16.4 Å². The van der Waals surface area contributed by atoms with Crippen LogP contribution in [0.4, 0.5) is 5.69 Å². The molecule has 1 aliphatic rings. The smallest absolute Gasteiger partial charge is 0.336 e. The summed E-state index contributed by atoms with van der Waals surface area (Å²) in [4.78, 5) is 24.8. The molecule has 1 aliphatic heterocycles. The Morgan fingerprint density at radius 3 is 2.50 bits per heavy atom. The van der Waals surface area contributed by atoms with Crippen LogP contribution in [-0.2, 0) is 16.4 Å². The molecule has 1 saturated heterocycles. The molecule has 2 heterocycles. The molecule has 180 valence electrons. The Labute approximate surface area is 196 Å². The molecule has 2 aromatic carbocycles. The summed E-state index contributed by atoms with van der Waals surface area (Å²) < 4.78 is 38.3. The zero-order valence-corrected chi connectivity index (χ0v) is 19.7. The Balaban J connectivity index is 1.67. The maximum atomic E-state index is 13.0. The average Bonchev–Trinajstić information content (AvgIpc) is 2.79. The standard InChI is InChI=1S/C23H25N3O7S/c1-3-4-16-13-23(27)33-22-14-17(5-7-19(16)22)32-21-8-6-18(15-20(21)26(28)29)34(30,31)25-11-9-24(2)10-12-25/h5-8,13-15H,3-4,9-12H2,1-2H3. The lowest BCUT2D eigenvalue weighted by Gasteiger charge is -2.31. The van der Waals surface area contributed by atoms with Crippen LogP contribution in [-0.4, -0.2) is 55.8 Å². The lowest BCUT2D eigenvalue weighted by atomic mass is 10.1. The molecule has 4 rings (SSSR count). The molecule has 3 aromatic rings. The van der Waals surface area contributed by atoms with E-state index in [1.54, 1.807) is 12.1 Å². The van der Waals surface area contributed by atoms with Crippen molar-refractivity contribution in [2.75, 3.05) is 33.2 Å². The van der Waals surface area contributed by atoms with Gasteiger partial charge in [0.15, 0.2) is 0 Å². The predicted octanol–water partition coefficient (Wildman–Crippen LogP) is 3.38. The first-order valence-electron chi connectivity index (χ1n) is 10.9. The predicted molar refractivity (Wildman–Crippen MR) is 126 cm³/mol. The van der Waals surface area contributed by atoms with Crippen molar-refractivity contribution < 1.29 is 22.5 Å². The number of hydrogen-bond donors (Lipinski definition) is 0. The summed E-state index contributed by atoms with van der Waals surface area (Å²) in [6, 6.07) is 9.90. The monoisotopic (exact) mass is 487 g/mol. The van der Waals surface area contributed by atoms with Crippen molar-refractivity contribution in [3.63, 3.8) is 0 Å². The van der Waals surface area contributed by atoms with Gasteiger partial charge in [0.2, 0.25) is 15.8 Å². The van der Waals surface area contributed by atoms with Gasteiger partial charge in [0.1, 0.15) is 11.3 Å². The number of benzene rings is 2. The number of nitrogens with zero attached hydrogens (tertiary/aromatic N) is 3. The lowest BCUT2D eigenvalue weighted by molar-refractivity contribution is -0.385. The number of rotatable bonds is 7. The highest BCUT2D eigenvalue weighted by atomic mass is 32.2. The van der Waals surface area contributed by atoms with E-state index in [1.165, 1.54) is 28.6 Å². The molecule has 0 atom stereocenters. The molecule has 0 aliphatic carbocycles. The van der Waals surface area contributed by atoms with Crippen molar-refractivity contribution in [3.8, 4) is 11.5 Å². The van der Waals surface area contributed by atoms with Crippen LogP contribution in [0.15, 0.2) is 56.6 Å². The van der Waals surface area contributed by atoms with Gasteiger partial charge < -0.3 is 14.1 Å². The fraction of sp³-hybridized carbons (Fsp3) is 0.348. The van der Waals surface area contributed by atoms with Gasteiger partial charge >= 0.3 is 11.3 Å². The number of nitro benzene ring substituents is 1. The third kappa shape index (κ3) is 4.81. The van der Waals surface area contributed by atoms with E-state index in [0.29, 0.717) is 38.2 Å². The van der Waals surface area contributed by atoms with Crippen LogP contribution in [0, 0.1) is 10.1 Å². The minimum absolute atomic E-state index is 0.117. The summed E-state index contributed by atoms with van der Waals surface area (Å²) in [7, 11) is -1.97. The molecule has 0 radical (unpaired) electrons. The van der Waals surface area contributed by atoms with Crippen LogP contribution >= 0.6 is 0 Å². The summed E-state index contributed by atoms with van der Waals surface area (Å²) in [5.41, 5.74) is 0.198. The SMILES string of the molecule is CCCc1cc(=O)oc2cc(Oc3ccc(S(=O)(=O)N4CCN(C)CC4)cc3[N+](=O)[O-])ccc12. The third-order valence-electron chi connectivity index (χ3n) is 5.78. The van der Waals surface area contributed by atoms with E-state index in [9.17, 15) is 23.3 Å². The van der Waals surface area contributed by atoms with Gasteiger partial charge in [0.25, 0.3) is 0 Å². The fourth-order valence-electron chi connectivity index (χ4n) is 3.94. The second-order valence-corrected chi connectivity index (χ2v) is 10.1. The van der Waals surface area contributed by atoms with Gasteiger partial charge in [0.05, 0.1) is 9.82 Å². The second kappa shape index (κ2) is 9.53. The minimum Gasteiger partial charge on any atom is -0.450 e. The van der Waals surface area contributed by atoms with E-state index in [0.717, 1.165) is 23.4 Å². The topological polar surface area (TPSA) is 123 Å². The van der Waals surface area contributed by atoms with Gasteiger partial charge in [-0.05, 0) is 43.3 Å². The van der Waals surface area contributed by atoms with Crippen LogP contribution in [0.2, 0.25) is 0 Å². The molecule has 0 bridgehead atoms. The van der Waals surface area contributed by atoms with Crippen molar-refractivity contribution in [2.45, 2.75) is 24.7 Å². The van der Waals surface area contributed by atoms with Gasteiger partial charge in [0, 0.05) is 49.8 Å². The molecular weight excluding hydrogens is 462 g/mol. The first-order valence-corrected chi connectivity index (χ1v) is 12.3. The van der Waals surface area contributed by atoms with E-state index >= 15 is 0 Å². The van der Waals surface area contributed by atoms with Crippen molar-refractivity contribution >= 4 is 26.7 Å². The molecule has 10 nitrogen and oxygen atoms in total. The van der Waals surface area contributed by atoms with Crippen molar-refractivity contribution in [1.82, 2.24) is 9.21 Å². The highest BCUT2D eigenvalue weighted by Crippen LogP contribution is 2.35. The van der Waals surface area contributed by atoms with Crippen LogP contribution in [0.1, 0.15) is 18.9 Å². The number of sulfonamides is 1. The van der Waals surface area contributed by atoms with Crippen molar-refractivity contribution in [3.05, 3.63) is 68.6 Å². The number of fused-ring (bicyclic) bond motifs is 1. The Hall–Kier alpha value is -3.28. The highest BCUT2D eigenvalue weighted by molar-refractivity contribution is 7.89. The van der Waals surface area contributed by atoms with Gasteiger partial charge in [-0.25, -0.2) is 13.2 Å². The van der Waals surface area contributed by atoms with Crippen LogP contribution in [0.3, 0.4) is 0 Å². The van der Waals surface area contributed by atoms with Crippen molar-refractivity contribution in [1.29, 1.82) is 0 Å². The molecule has 34 heavy (non-hydrogen) atoms. The fourth-order valence-corrected chi connectivity index (χ4v) is 5.38. The van der Waals surface area contributed by atoms with Crippen molar-refractivity contribution in [2.24, 2.45) is 0 Å². The molecule has 1 aromatic heterocycles. The Morgan fingerprint density at radius 2 is 1.82 bits per heavy atom. The zero-order chi connectivity index (χ0) is 24.5. The summed E-state index contributed by atoms with van der Waals surface area (Å²) in [5, 5.41) is 12.5. The van der Waals surface area contributed by atoms with Gasteiger partial charge in [-0.2, -0.15) is 4.31 Å². The highest BCUT2D eigenvalue weighted by Gasteiger charge is 2.30.